The van der Waals surface area contributed by atoms with Gasteiger partial charge in [-0.25, -0.2) is 0 Å². The largest absolute Gasteiger partial charge is 0.352 e. The molecule has 15 heavy (non-hydrogen) atoms. The van der Waals surface area contributed by atoms with Gasteiger partial charge >= 0.3 is 0 Å². The van der Waals surface area contributed by atoms with E-state index in [0.29, 0.717) is 6.04 Å². The molecule has 1 atom stereocenters. The molecule has 1 fully saturated rings. The van der Waals surface area contributed by atoms with Gasteiger partial charge in [-0.05, 0) is 31.4 Å². The topological polar surface area (TPSA) is 42.0 Å². The molecule has 1 aliphatic rings. The molecule has 3 nitrogen and oxygen atoms in total. The van der Waals surface area contributed by atoms with Crippen molar-refractivity contribution in [1.82, 2.24) is 10.3 Å². The first-order chi connectivity index (χ1) is 7.16. The van der Waals surface area contributed by atoms with Crippen LogP contribution in [0.5, 0.6) is 0 Å². The summed E-state index contributed by atoms with van der Waals surface area (Å²) >= 11 is 6.03. The number of hydrogen-bond donors (Lipinski definition) is 1. The first-order valence-electron chi connectivity index (χ1n) is 5.04. The molecule has 1 heterocycles. The summed E-state index contributed by atoms with van der Waals surface area (Å²) in [5.41, 5.74) is 1.67. The lowest BCUT2D eigenvalue weighted by Gasteiger charge is -2.09. The summed E-state index contributed by atoms with van der Waals surface area (Å²) in [6.07, 6.45) is 3.79. The summed E-state index contributed by atoms with van der Waals surface area (Å²) in [6.45, 7) is 1.90. The number of halogens is 1. The third-order valence-corrected chi connectivity index (χ3v) is 2.83. The van der Waals surface area contributed by atoms with Crippen molar-refractivity contribution in [3.05, 3.63) is 29.6 Å². The van der Waals surface area contributed by atoms with Crippen molar-refractivity contribution in [3.8, 4) is 0 Å². The highest BCUT2D eigenvalue weighted by molar-refractivity contribution is 6.30. The van der Waals surface area contributed by atoms with Gasteiger partial charge in [-0.2, -0.15) is 0 Å². The Kier molecular flexibility index (Phi) is 2.91. The van der Waals surface area contributed by atoms with Gasteiger partial charge in [0, 0.05) is 17.9 Å². The van der Waals surface area contributed by atoms with Gasteiger partial charge in [-0.15, -0.1) is 11.6 Å². The fourth-order valence-electron chi connectivity index (χ4n) is 1.28. The van der Waals surface area contributed by atoms with E-state index in [9.17, 15) is 4.79 Å². The Bertz CT molecular complexity index is 359. The highest BCUT2D eigenvalue weighted by Crippen LogP contribution is 2.24. The van der Waals surface area contributed by atoms with Crippen LogP contribution in [0.15, 0.2) is 18.3 Å². The summed E-state index contributed by atoms with van der Waals surface area (Å²) in [5, 5.41) is 2.24. The van der Waals surface area contributed by atoms with Gasteiger partial charge in [0.1, 0.15) is 5.38 Å². The second-order valence-corrected chi connectivity index (χ2v) is 4.31. The molecule has 4 heteroatoms. The number of nitrogens with one attached hydrogen (secondary N) is 1. The van der Waals surface area contributed by atoms with Crippen LogP contribution in [0.4, 0.5) is 0 Å². The van der Waals surface area contributed by atoms with Crippen LogP contribution in [0.1, 0.15) is 29.5 Å². The fourth-order valence-corrected chi connectivity index (χ4v) is 1.47. The lowest BCUT2D eigenvalue weighted by Crippen LogP contribution is -2.28. The fraction of sp³-hybridized carbons (Fsp3) is 0.455. The van der Waals surface area contributed by atoms with E-state index in [1.54, 1.807) is 6.20 Å². The summed E-state index contributed by atoms with van der Waals surface area (Å²) < 4.78 is 0. The summed E-state index contributed by atoms with van der Waals surface area (Å²) in [7, 11) is 0. The first kappa shape index (κ1) is 10.4. The SMILES string of the molecule is Cc1ccc(C(Cl)C(=O)NC2CC2)cn1. The number of pyridine rings is 1. The number of alkyl halides is 1. The van der Waals surface area contributed by atoms with Crippen LogP contribution in [0.25, 0.3) is 0 Å². The molecule has 0 aliphatic heterocycles. The molecule has 1 aliphatic carbocycles. The molecule has 0 radical (unpaired) electrons. The van der Waals surface area contributed by atoms with E-state index in [1.165, 1.54) is 0 Å². The standard InChI is InChI=1S/C11H13ClN2O/c1-7-2-3-8(6-13-7)10(12)11(15)14-9-4-5-9/h2-3,6,9-10H,4-5H2,1H3,(H,14,15). The second kappa shape index (κ2) is 4.19. The predicted octanol–water partition coefficient (Wildman–Crippen LogP) is 1.95. The zero-order valence-electron chi connectivity index (χ0n) is 8.53. The number of carbonyl (C=O) groups excluding carboxylic acids is 1. The Hall–Kier alpha value is -1.09. The van der Waals surface area contributed by atoms with Crippen LogP contribution in [0, 0.1) is 6.92 Å². The average Bonchev–Trinajstić information content (AvgIpc) is 3.02. The van der Waals surface area contributed by atoms with Crippen molar-refractivity contribution in [3.63, 3.8) is 0 Å². The predicted molar refractivity (Wildman–Crippen MR) is 58.7 cm³/mol. The molecule has 1 amide bonds. The first-order valence-corrected chi connectivity index (χ1v) is 5.47. The van der Waals surface area contributed by atoms with E-state index in [1.807, 2.05) is 19.1 Å². The maximum Gasteiger partial charge on any atom is 0.242 e. The Balaban J connectivity index is 2.02. The van der Waals surface area contributed by atoms with Gasteiger partial charge in [0.05, 0.1) is 0 Å². The van der Waals surface area contributed by atoms with Crippen molar-refractivity contribution in [2.45, 2.75) is 31.2 Å². The Morgan fingerprint density at radius 3 is 2.87 bits per heavy atom. The van der Waals surface area contributed by atoms with E-state index in [-0.39, 0.29) is 5.91 Å². The summed E-state index contributed by atoms with van der Waals surface area (Å²) in [4.78, 5) is 15.7. The maximum absolute atomic E-state index is 11.6. The molecule has 1 unspecified atom stereocenters. The molecule has 1 aromatic heterocycles. The molecule has 0 saturated heterocycles. The lowest BCUT2D eigenvalue weighted by molar-refractivity contribution is -0.121. The van der Waals surface area contributed by atoms with Crippen LogP contribution >= 0.6 is 11.6 Å². The van der Waals surface area contributed by atoms with E-state index < -0.39 is 5.38 Å². The molecule has 0 spiro atoms. The van der Waals surface area contributed by atoms with Gasteiger partial charge in [0.2, 0.25) is 5.91 Å². The molecule has 80 valence electrons. The minimum Gasteiger partial charge on any atom is -0.352 e. The summed E-state index contributed by atoms with van der Waals surface area (Å²) in [6, 6.07) is 4.04. The Morgan fingerprint density at radius 2 is 2.33 bits per heavy atom. The minimum atomic E-state index is -0.626. The molecule has 2 rings (SSSR count). The van der Waals surface area contributed by atoms with Crippen molar-refractivity contribution in [1.29, 1.82) is 0 Å². The molecule has 0 aromatic carbocycles. The Morgan fingerprint density at radius 1 is 1.60 bits per heavy atom. The number of hydrogen-bond acceptors (Lipinski definition) is 2. The minimum absolute atomic E-state index is 0.121. The number of nitrogens with zero attached hydrogens (tertiary/aromatic N) is 1. The third-order valence-electron chi connectivity index (χ3n) is 2.38. The van der Waals surface area contributed by atoms with Crippen LogP contribution < -0.4 is 5.32 Å². The maximum atomic E-state index is 11.6. The second-order valence-electron chi connectivity index (χ2n) is 3.88. The van der Waals surface area contributed by atoms with E-state index in [0.717, 1.165) is 24.1 Å². The zero-order chi connectivity index (χ0) is 10.8. The molecule has 1 aromatic rings. The van der Waals surface area contributed by atoms with Gasteiger partial charge in [0.25, 0.3) is 0 Å². The molecule has 0 bridgehead atoms. The van der Waals surface area contributed by atoms with Crippen molar-refractivity contribution >= 4 is 17.5 Å². The van der Waals surface area contributed by atoms with E-state index in [4.69, 9.17) is 11.6 Å². The van der Waals surface area contributed by atoms with Crippen LogP contribution in [0.2, 0.25) is 0 Å². The number of carbonyl (C=O) groups is 1. The van der Waals surface area contributed by atoms with Crippen molar-refractivity contribution in [2.24, 2.45) is 0 Å². The molecule has 1 N–H and O–H groups in total. The van der Waals surface area contributed by atoms with Gasteiger partial charge in [0.15, 0.2) is 0 Å². The van der Waals surface area contributed by atoms with Crippen LogP contribution in [0.3, 0.4) is 0 Å². The normalized spacial score (nSPS) is 17.2. The van der Waals surface area contributed by atoms with Crippen molar-refractivity contribution in [2.75, 3.05) is 0 Å². The van der Waals surface area contributed by atoms with Crippen LogP contribution in [-0.4, -0.2) is 16.9 Å². The highest BCUT2D eigenvalue weighted by Gasteiger charge is 2.27. The lowest BCUT2D eigenvalue weighted by atomic mass is 10.2. The smallest absolute Gasteiger partial charge is 0.242 e. The van der Waals surface area contributed by atoms with Crippen molar-refractivity contribution < 1.29 is 4.79 Å². The average molecular weight is 225 g/mol. The highest BCUT2D eigenvalue weighted by atomic mass is 35.5. The number of aromatic nitrogens is 1. The zero-order valence-corrected chi connectivity index (χ0v) is 9.29. The quantitative estimate of drug-likeness (QED) is 0.798. The molecule has 1 saturated carbocycles. The summed E-state index contributed by atoms with van der Waals surface area (Å²) in [5.74, 6) is -0.121. The monoisotopic (exact) mass is 224 g/mol. The number of rotatable bonds is 3. The number of aryl methyl sites for hydroxylation is 1. The van der Waals surface area contributed by atoms with Crippen LogP contribution in [-0.2, 0) is 4.79 Å². The van der Waals surface area contributed by atoms with E-state index >= 15 is 0 Å². The van der Waals surface area contributed by atoms with E-state index in [2.05, 4.69) is 10.3 Å². The molecular formula is C11H13ClN2O. The third kappa shape index (κ3) is 2.69. The van der Waals surface area contributed by atoms with Gasteiger partial charge in [-0.1, -0.05) is 6.07 Å². The van der Waals surface area contributed by atoms with Gasteiger partial charge < -0.3 is 5.32 Å². The van der Waals surface area contributed by atoms with Gasteiger partial charge in [-0.3, -0.25) is 9.78 Å². The Labute approximate surface area is 93.8 Å². The molecular weight excluding hydrogens is 212 g/mol. The number of amides is 1.